The molecule has 1 aliphatic carbocycles. The summed E-state index contributed by atoms with van der Waals surface area (Å²) >= 11 is 0. The van der Waals surface area contributed by atoms with Crippen LogP contribution in [0.1, 0.15) is 18.4 Å². The van der Waals surface area contributed by atoms with Gasteiger partial charge in [0.05, 0.1) is 0 Å². The topological polar surface area (TPSA) is 32.7 Å². The number of aliphatic hydroxyl groups excluding tert-OH is 1. The predicted octanol–water partition coefficient (Wildman–Crippen LogP) is 1.75. The Hall–Kier alpha value is -1.50. The summed E-state index contributed by atoms with van der Waals surface area (Å²) in [7, 11) is 2.15. The van der Waals surface area contributed by atoms with Crippen LogP contribution in [0.25, 0.3) is 0 Å². The van der Waals surface area contributed by atoms with Gasteiger partial charge in [-0.3, -0.25) is 0 Å². The second-order valence-electron chi connectivity index (χ2n) is 5.04. The van der Waals surface area contributed by atoms with Crippen LogP contribution in [0.3, 0.4) is 0 Å². The van der Waals surface area contributed by atoms with Crippen LogP contribution in [0.15, 0.2) is 24.3 Å². The molecular weight excluding hydrogens is 238 g/mol. The lowest BCUT2D eigenvalue weighted by Crippen LogP contribution is -2.26. The molecule has 19 heavy (non-hydrogen) atoms. The summed E-state index contributed by atoms with van der Waals surface area (Å²) < 4.78 is 5.70. The van der Waals surface area contributed by atoms with Crippen LogP contribution in [-0.2, 0) is 0 Å². The van der Waals surface area contributed by atoms with Crippen molar-refractivity contribution in [3.05, 3.63) is 29.8 Å². The van der Waals surface area contributed by atoms with Gasteiger partial charge in [0.15, 0.2) is 0 Å². The summed E-state index contributed by atoms with van der Waals surface area (Å²) in [6.45, 7) is 2.76. The highest BCUT2D eigenvalue weighted by Gasteiger charge is 2.22. The number of hydrogen-bond acceptors (Lipinski definition) is 3. The fraction of sp³-hybridized carbons (Fsp3) is 0.500. The van der Waals surface area contributed by atoms with Crippen LogP contribution in [0, 0.1) is 17.8 Å². The van der Waals surface area contributed by atoms with E-state index in [1.165, 1.54) is 19.4 Å². The van der Waals surface area contributed by atoms with Crippen molar-refractivity contribution in [3.8, 4) is 17.6 Å². The number of likely N-dealkylation sites (N-methyl/N-ethyl adjacent to an activating group) is 1. The number of hydrogen-bond donors (Lipinski definition) is 1. The standard InChI is InChI=1S/C16H21NO2/c1-17(13-15-4-5-15)10-12-19-16-8-6-14(7-9-16)3-2-11-18/h6-9,15,18H,4-5,10-13H2,1H3. The van der Waals surface area contributed by atoms with Gasteiger partial charge in [0.2, 0.25) is 0 Å². The van der Waals surface area contributed by atoms with Gasteiger partial charge in [0.1, 0.15) is 19.0 Å². The Morgan fingerprint density at radius 1 is 1.32 bits per heavy atom. The maximum atomic E-state index is 8.61. The first-order chi connectivity index (χ1) is 9.28. The van der Waals surface area contributed by atoms with Crippen molar-refractivity contribution in [2.45, 2.75) is 12.8 Å². The molecule has 0 radical (unpaired) electrons. The Bertz CT molecular complexity index is 440. The molecule has 1 aliphatic rings. The quantitative estimate of drug-likeness (QED) is 0.790. The first kappa shape index (κ1) is 13.9. The molecule has 0 atom stereocenters. The zero-order valence-corrected chi connectivity index (χ0v) is 11.4. The lowest BCUT2D eigenvalue weighted by molar-refractivity contribution is 0.232. The second-order valence-corrected chi connectivity index (χ2v) is 5.04. The molecule has 1 aromatic carbocycles. The monoisotopic (exact) mass is 259 g/mol. The van der Waals surface area contributed by atoms with Gasteiger partial charge in [-0.15, -0.1) is 0 Å². The molecular formula is C16H21NO2. The molecule has 0 unspecified atom stereocenters. The zero-order valence-electron chi connectivity index (χ0n) is 11.4. The molecule has 0 heterocycles. The van der Waals surface area contributed by atoms with E-state index in [1.54, 1.807) is 0 Å². The van der Waals surface area contributed by atoms with E-state index < -0.39 is 0 Å². The Morgan fingerprint density at radius 3 is 2.68 bits per heavy atom. The summed E-state index contributed by atoms with van der Waals surface area (Å²) in [5, 5.41) is 8.61. The van der Waals surface area contributed by atoms with E-state index in [2.05, 4.69) is 23.8 Å². The minimum absolute atomic E-state index is 0.106. The number of nitrogens with zero attached hydrogens (tertiary/aromatic N) is 1. The number of benzene rings is 1. The van der Waals surface area contributed by atoms with Crippen LogP contribution in [0.4, 0.5) is 0 Å². The normalized spacial score (nSPS) is 14.1. The van der Waals surface area contributed by atoms with Crippen LogP contribution < -0.4 is 4.74 Å². The molecule has 0 aromatic heterocycles. The number of rotatable bonds is 6. The second kappa shape index (κ2) is 7.18. The lowest BCUT2D eigenvalue weighted by Gasteiger charge is -2.16. The number of aliphatic hydroxyl groups is 1. The first-order valence-electron chi connectivity index (χ1n) is 6.79. The van der Waals surface area contributed by atoms with Crippen LogP contribution in [0.2, 0.25) is 0 Å². The largest absolute Gasteiger partial charge is 0.492 e. The van der Waals surface area contributed by atoms with Crippen molar-refractivity contribution >= 4 is 0 Å². The van der Waals surface area contributed by atoms with E-state index in [0.717, 1.165) is 23.8 Å². The van der Waals surface area contributed by atoms with Gasteiger partial charge < -0.3 is 14.7 Å². The zero-order chi connectivity index (χ0) is 13.5. The molecule has 1 aromatic rings. The minimum Gasteiger partial charge on any atom is -0.492 e. The van der Waals surface area contributed by atoms with Crippen LogP contribution in [0.5, 0.6) is 5.75 Å². The molecule has 3 heteroatoms. The molecule has 1 N–H and O–H groups in total. The third kappa shape index (κ3) is 5.34. The summed E-state index contributed by atoms with van der Waals surface area (Å²) in [5.74, 6) is 7.28. The third-order valence-corrected chi connectivity index (χ3v) is 3.17. The van der Waals surface area contributed by atoms with Crippen LogP contribution >= 0.6 is 0 Å². The third-order valence-electron chi connectivity index (χ3n) is 3.17. The van der Waals surface area contributed by atoms with Gasteiger partial charge in [0.25, 0.3) is 0 Å². The van der Waals surface area contributed by atoms with E-state index >= 15 is 0 Å². The van der Waals surface area contributed by atoms with Crippen LogP contribution in [-0.4, -0.2) is 43.4 Å². The Morgan fingerprint density at radius 2 is 2.05 bits per heavy atom. The molecule has 3 nitrogen and oxygen atoms in total. The van der Waals surface area contributed by atoms with E-state index in [-0.39, 0.29) is 6.61 Å². The van der Waals surface area contributed by atoms with E-state index in [4.69, 9.17) is 9.84 Å². The Balaban J connectivity index is 1.70. The molecule has 0 saturated heterocycles. The molecule has 0 bridgehead atoms. The van der Waals surface area contributed by atoms with Crippen molar-refractivity contribution < 1.29 is 9.84 Å². The highest BCUT2D eigenvalue weighted by atomic mass is 16.5. The minimum atomic E-state index is -0.106. The van der Waals surface area contributed by atoms with E-state index in [1.807, 2.05) is 24.3 Å². The maximum Gasteiger partial charge on any atom is 0.119 e. The van der Waals surface area contributed by atoms with Gasteiger partial charge in [-0.25, -0.2) is 0 Å². The Kier molecular flexibility index (Phi) is 5.26. The molecule has 0 spiro atoms. The SMILES string of the molecule is CN(CCOc1ccc(C#CCO)cc1)CC1CC1. The van der Waals surface area contributed by atoms with Gasteiger partial charge in [-0.2, -0.15) is 0 Å². The van der Waals surface area contributed by atoms with Gasteiger partial charge in [0, 0.05) is 18.7 Å². The maximum absolute atomic E-state index is 8.61. The molecule has 102 valence electrons. The highest BCUT2D eigenvalue weighted by molar-refractivity contribution is 5.38. The fourth-order valence-corrected chi connectivity index (χ4v) is 1.93. The summed E-state index contributed by atoms with van der Waals surface area (Å²) in [6, 6.07) is 7.66. The smallest absolute Gasteiger partial charge is 0.119 e. The molecule has 0 amide bonds. The summed E-state index contributed by atoms with van der Waals surface area (Å²) in [5.41, 5.74) is 0.896. The van der Waals surface area contributed by atoms with Crippen molar-refractivity contribution in [2.75, 3.05) is 33.4 Å². The van der Waals surface area contributed by atoms with Gasteiger partial charge in [-0.1, -0.05) is 11.8 Å². The van der Waals surface area contributed by atoms with E-state index in [0.29, 0.717) is 6.61 Å². The predicted molar refractivity (Wildman–Crippen MR) is 76.1 cm³/mol. The Labute approximate surface area is 115 Å². The van der Waals surface area contributed by atoms with Gasteiger partial charge >= 0.3 is 0 Å². The highest BCUT2D eigenvalue weighted by Crippen LogP contribution is 2.29. The first-order valence-corrected chi connectivity index (χ1v) is 6.79. The van der Waals surface area contributed by atoms with Crippen molar-refractivity contribution in [3.63, 3.8) is 0 Å². The van der Waals surface area contributed by atoms with Crippen molar-refractivity contribution in [1.82, 2.24) is 4.90 Å². The molecule has 0 aliphatic heterocycles. The lowest BCUT2D eigenvalue weighted by atomic mass is 10.2. The average molecular weight is 259 g/mol. The summed E-state index contributed by atoms with van der Waals surface area (Å²) in [4.78, 5) is 2.33. The van der Waals surface area contributed by atoms with Gasteiger partial charge in [-0.05, 0) is 50.1 Å². The van der Waals surface area contributed by atoms with E-state index in [9.17, 15) is 0 Å². The molecule has 2 rings (SSSR count). The number of ether oxygens (including phenoxy) is 1. The van der Waals surface area contributed by atoms with Crippen molar-refractivity contribution in [1.29, 1.82) is 0 Å². The fourth-order valence-electron chi connectivity index (χ4n) is 1.93. The molecule has 1 fully saturated rings. The summed E-state index contributed by atoms with van der Waals surface area (Å²) in [6.07, 6.45) is 2.78. The molecule has 1 saturated carbocycles. The average Bonchev–Trinajstić information content (AvgIpc) is 3.22. The van der Waals surface area contributed by atoms with Crippen molar-refractivity contribution in [2.24, 2.45) is 5.92 Å².